The first-order chi connectivity index (χ1) is 14.3. The summed E-state index contributed by atoms with van der Waals surface area (Å²) in [5.41, 5.74) is 1.67. The summed E-state index contributed by atoms with van der Waals surface area (Å²) in [6.45, 7) is 1.73. The third kappa shape index (κ3) is 5.24. The second kappa shape index (κ2) is 9.40. The lowest BCUT2D eigenvalue weighted by molar-refractivity contribution is -0.120. The smallest absolute Gasteiger partial charge is 0.252 e. The number of nitrogens with zero attached hydrogens (tertiary/aromatic N) is 1. The number of aromatic nitrogens is 1. The van der Waals surface area contributed by atoms with Crippen molar-refractivity contribution in [2.24, 2.45) is 0 Å². The second-order valence-electron chi connectivity index (χ2n) is 6.16. The van der Waals surface area contributed by atoms with Crippen molar-refractivity contribution in [3.05, 3.63) is 53.9 Å². The number of para-hydroxylation sites is 1. The number of benzene rings is 2. The quantitative estimate of drug-likeness (QED) is 0.570. The lowest BCUT2D eigenvalue weighted by Crippen LogP contribution is -2.20. The number of thiazole rings is 1. The van der Waals surface area contributed by atoms with Gasteiger partial charge >= 0.3 is 0 Å². The molecule has 150 valence electrons. The van der Waals surface area contributed by atoms with Crippen LogP contribution in [0.25, 0.3) is 11.3 Å². The SMILES string of the molecule is O=C(COCCOc1ccccc1)Nc1nc(-c2ccc3c(c2)OCCO3)cs1. The molecule has 0 saturated heterocycles. The third-order valence-electron chi connectivity index (χ3n) is 4.06. The Kier molecular flexibility index (Phi) is 6.23. The molecular formula is C21H20N2O5S. The van der Waals surface area contributed by atoms with Crippen molar-refractivity contribution in [3.8, 4) is 28.5 Å². The van der Waals surface area contributed by atoms with Crippen LogP contribution in [0.3, 0.4) is 0 Å². The van der Waals surface area contributed by atoms with Gasteiger partial charge in [-0.1, -0.05) is 18.2 Å². The van der Waals surface area contributed by atoms with Gasteiger partial charge in [0.05, 0.1) is 12.3 Å². The van der Waals surface area contributed by atoms with E-state index in [1.807, 2.05) is 53.9 Å². The van der Waals surface area contributed by atoms with Gasteiger partial charge in [0.15, 0.2) is 16.6 Å². The first-order valence-corrected chi connectivity index (χ1v) is 10.1. The Bertz CT molecular complexity index is 961. The van der Waals surface area contributed by atoms with Crippen LogP contribution in [0.2, 0.25) is 0 Å². The fraction of sp³-hybridized carbons (Fsp3) is 0.238. The minimum atomic E-state index is -0.257. The molecule has 2 aromatic carbocycles. The van der Waals surface area contributed by atoms with E-state index >= 15 is 0 Å². The number of ether oxygens (including phenoxy) is 4. The Morgan fingerprint density at radius 2 is 1.90 bits per heavy atom. The van der Waals surface area contributed by atoms with Crippen LogP contribution in [0.1, 0.15) is 0 Å². The molecule has 0 unspecified atom stereocenters. The molecule has 0 spiro atoms. The Labute approximate surface area is 172 Å². The summed E-state index contributed by atoms with van der Waals surface area (Å²) < 4.78 is 22.0. The van der Waals surface area contributed by atoms with Gasteiger partial charge in [0.2, 0.25) is 0 Å². The van der Waals surface area contributed by atoms with Crippen molar-refractivity contribution in [3.63, 3.8) is 0 Å². The predicted octanol–water partition coefficient (Wildman–Crippen LogP) is 3.62. The minimum Gasteiger partial charge on any atom is -0.491 e. The van der Waals surface area contributed by atoms with Crippen molar-refractivity contribution in [2.75, 3.05) is 38.4 Å². The molecule has 1 amide bonds. The third-order valence-corrected chi connectivity index (χ3v) is 4.82. The summed E-state index contributed by atoms with van der Waals surface area (Å²) in [6.07, 6.45) is 0. The highest BCUT2D eigenvalue weighted by molar-refractivity contribution is 7.14. The van der Waals surface area contributed by atoms with Crippen molar-refractivity contribution >= 4 is 22.4 Å². The van der Waals surface area contributed by atoms with Crippen LogP contribution in [0.4, 0.5) is 5.13 Å². The number of nitrogens with one attached hydrogen (secondary N) is 1. The molecule has 0 aliphatic carbocycles. The molecule has 0 fully saturated rings. The summed E-state index contributed by atoms with van der Waals surface area (Å²) in [4.78, 5) is 16.5. The number of hydrogen-bond acceptors (Lipinski definition) is 7. The molecule has 2 heterocycles. The molecule has 7 nitrogen and oxygen atoms in total. The molecule has 1 aliphatic heterocycles. The molecule has 0 bridgehead atoms. The average molecular weight is 412 g/mol. The number of hydrogen-bond donors (Lipinski definition) is 1. The standard InChI is InChI=1S/C21H20N2O5S/c24-20(13-25-8-9-26-16-4-2-1-3-5-16)23-21-22-17(14-29-21)15-6-7-18-19(12-15)28-11-10-27-18/h1-7,12,14H,8-11,13H2,(H,22,23,24). The Balaban J connectivity index is 1.23. The maximum absolute atomic E-state index is 12.0. The van der Waals surface area contributed by atoms with Crippen LogP contribution in [0, 0.1) is 0 Å². The maximum Gasteiger partial charge on any atom is 0.252 e. The van der Waals surface area contributed by atoms with Crippen molar-refractivity contribution in [1.29, 1.82) is 0 Å². The van der Waals surface area contributed by atoms with Gasteiger partial charge in [-0.05, 0) is 30.3 Å². The Hall–Kier alpha value is -3.10. The number of rotatable bonds is 8. The second-order valence-corrected chi connectivity index (χ2v) is 7.02. The highest BCUT2D eigenvalue weighted by atomic mass is 32.1. The number of anilines is 1. The largest absolute Gasteiger partial charge is 0.491 e. The lowest BCUT2D eigenvalue weighted by atomic mass is 10.1. The van der Waals surface area contributed by atoms with E-state index in [0.717, 1.165) is 22.8 Å². The first kappa shape index (κ1) is 19.2. The van der Waals surface area contributed by atoms with Crippen LogP contribution in [0.15, 0.2) is 53.9 Å². The number of carbonyl (C=O) groups excluding carboxylic acids is 1. The van der Waals surface area contributed by atoms with Crippen LogP contribution >= 0.6 is 11.3 Å². The van der Waals surface area contributed by atoms with Gasteiger partial charge in [-0.15, -0.1) is 11.3 Å². The monoisotopic (exact) mass is 412 g/mol. The minimum absolute atomic E-state index is 0.0584. The van der Waals surface area contributed by atoms with E-state index in [4.69, 9.17) is 18.9 Å². The summed E-state index contributed by atoms with van der Waals surface area (Å²) in [7, 11) is 0. The van der Waals surface area contributed by atoms with Crippen LogP contribution in [-0.4, -0.2) is 43.9 Å². The van der Waals surface area contributed by atoms with Crippen molar-refractivity contribution in [1.82, 2.24) is 4.98 Å². The van der Waals surface area contributed by atoms with Crippen LogP contribution in [-0.2, 0) is 9.53 Å². The molecule has 0 saturated carbocycles. The number of fused-ring (bicyclic) bond motifs is 1. The molecule has 1 aromatic heterocycles. The zero-order chi connectivity index (χ0) is 19.9. The van der Waals surface area contributed by atoms with Crippen molar-refractivity contribution in [2.45, 2.75) is 0 Å². The summed E-state index contributed by atoms with van der Waals surface area (Å²) in [5, 5.41) is 5.15. The molecule has 1 aliphatic rings. The zero-order valence-corrected chi connectivity index (χ0v) is 16.4. The van der Waals surface area contributed by atoms with Crippen LogP contribution < -0.4 is 19.5 Å². The van der Waals surface area contributed by atoms with Crippen molar-refractivity contribution < 1.29 is 23.7 Å². The van der Waals surface area contributed by atoms with Crippen LogP contribution in [0.5, 0.6) is 17.2 Å². The molecular weight excluding hydrogens is 392 g/mol. The molecule has 8 heteroatoms. The molecule has 0 atom stereocenters. The molecule has 4 rings (SSSR count). The Morgan fingerprint density at radius 1 is 1.07 bits per heavy atom. The normalized spacial score (nSPS) is 12.4. The van der Waals surface area contributed by atoms with E-state index < -0.39 is 0 Å². The summed E-state index contributed by atoms with van der Waals surface area (Å²) in [5.74, 6) is 1.96. The highest BCUT2D eigenvalue weighted by Gasteiger charge is 2.14. The summed E-state index contributed by atoms with van der Waals surface area (Å²) >= 11 is 1.36. The van der Waals surface area contributed by atoms with E-state index in [2.05, 4.69) is 10.3 Å². The molecule has 0 radical (unpaired) electrons. The fourth-order valence-electron chi connectivity index (χ4n) is 2.72. The molecule has 29 heavy (non-hydrogen) atoms. The van der Waals surface area contributed by atoms with Gasteiger partial charge in [0, 0.05) is 10.9 Å². The topological polar surface area (TPSA) is 78.9 Å². The number of amides is 1. The first-order valence-electron chi connectivity index (χ1n) is 9.19. The summed E-state index contributed by atoms with van der Waals surface area (Å²) in [6, 6.07) is 15.1. The van der Waals surface area contributed by atoms with Gasteiger partial charge in [-0.2, -0.15) is 0 Å². The Morgan fingerprint density at radius 3 is 2.76 bits per heavy atom. The maximum atomic E-state index is 12.0. The van der Waals surface area contributed by atoms with E-state index in [1.165, 1.54) is 11.3 Å². The van der Waals surface area contributed by atoms with Gasteiger partial charge in [-0.25, -0.2) is 4.98 Å². The zero-order valence-electron chi connectivity index (χ0n) is 15.6. The van der Waals surface area contributed by atoms with E-state index in [1.54, 1.807) is 0 Å². The van der Waals surface area contributed by atoms with E-state index in [0.29, 0.717) is 37.3 Å². The van der Waals surface area contributed by atoms with Gasteiger partial charge in [0.1, 0.15) is 32.2 Å². The number of carbonyl (C=O) groups is 1. The van der Waals surface area contributed by atoms with E-state index in [-0.39, 0.29) is 12.5 Å². The van der Waals surface area contributed by atoms with Gasteiger partial charge in [0.25, 0.3) is 5.91 Å². The van der Waals surface area contributed by atoms with Gasteiger partial charge < -0.3 is 18.9 Å². The van der Waals surface area contributed by atoms with E-state index in [9.17, 15) is 4.79 Å². The highest BCUT2D eigenvalue weighted by Crippen LogP contribution is 2.35. The molecule has 3 aromatic rings. The molecule has 1 N–H and O–H groups in total. The lowest BCUT2D eigenvalue weighted by Gasteiger charge is -2.18. The van der Waals surface area contributed by atoms with Gasteiger partial charge in [-0.3, -0.25) is 10.1 Å². The fourth-order valence-corrected chi connectivity index (χ4v) is 3.46. The average Bonchev–Trinajstić information content (AvgIpc) is 3.22. The predicted molar refractivity (Wildman–Crippen MR) is 110 cm³/mol.